The summed E-state index contributed by atoms with van der Waals surface area (Å²) < 4.78 is 5.68. The van der Waals surface area contributed by atoms with Crippen molar-refractivity contribution in [2.45, 2.75) is 58.5 Å². The average molecular weight is 358 g/mol. The van der Waals surface area contributed by atoms with Gasteiger partial charge in [0.05, 0.1) is 5.56 Å². The van der Waals surface area contributed by atoms with E-state index >= 15 is 0 Å². The monoisotopic (exact) mass is 358 g/mol. The first-order valence-corrected chi connectivity index (χ1v) is 8.82. The number of hydrogen-bond donors (Lipinski definition) is 3. The van der Waals surface area contributed by atoms with Gasteiger partial charge in [-0.15, -0.1) is 0 Å². The van der Waals surface area contributed by atoms with Crippen LogP contribution in [0.5, 0.6) is 17.2 Å². The molecule has 0 bridgehead atoms. The van der Waals surface area contributed by atoms with Crippen LogP contribution in [-0.2, 0) is 16.6 Å². The zero-order chi connectivity index (χ0) is 19.2. The Morgan fingerprint density at radius 1 is 1.08 bits per heavy atom. The van der Waals surface area contributed by atoms with Gasteiger partial charge in [-0.05, 0) is 32.8 Å². The van der Waals surface area contributed by atoms with Gasteiger partial charge in [0.25, 0.3) is 0 Å². The molecule has 26 heavy (non-hydrogen) atoms. The van der Waals surface area contributed by atoms with E-state index in [4.69, 9.17) is 4.74 Å². The van der Waals surface area contributed by atoms with Gasteiger partial charge in [0.2, 0.25) is 5.78 Å². The molecular formula is C20H22O6. The Morgan fingerprint density at radius 2 is 1.73 bits per heavy atom. The predicted octanol–water partition coefficient (Wildman–Crippen LogP) is 3.08. The van der Waals surface area contributed by atoms with E-state index in [0.717, 1.165) is 0 Å². The van der Waals surface area contributed by atoms with E-state index in [1.807, 2.05) is 6.92 Å². The van der Waals surface area contributed by atoms with Gasteiger partial charge >= 0.3 is 0 Å². The summed E-state index contributed by atoms with van der Waals surface area (Å²) in [6.07, 6.45) is 0.713. The minimum atomic E-state index is -1.04. The van der Waals surface area contributed by atoms with Crippen molar-refractivity contribution in [3.05, 3.63) is 28.0 Å². The number of aromatic hydroxyl groups is 2. The van der Waals surface area contributed by atoms with Crippen LogP contribution in [0.4, 0.5) is 0 Å². The molecule has 0 saturated heterocycles. The van der Waals surface area contributed by atoms with Gasteiger partial charge in [0.1, 0.15) is 17.6 Å². The zero-order valence-corrected chi connectivity index (χ0v) is 15.3. The Balaban J connectivity index is 2.10. The summed E-state index contributed by atoms with van der Waals surface area (Å²) in [5, 5.41) is 32.4. The van der Waals surface area contributed by atoms with Crippen LogP contribution in [0.2, 0.25) is 0 Å². The molecule has 3 aliphatic rings. The molecule has 0 aromatic heterocycles. The standard InChI is InChI=1S/C20H22O6/c1-8-7-9-13(22)11-12(15(24)17(9)26-8)20(4)6-5-10(21)19(2,3)18(20)16(25)14(11)23/h8,22,24-25H,5-7H2,1-4H3/t8-,20+/m0/s1. The lowest BCUT2D eigenvalue weighted by atomic mass is 9.54. The largest absolute Gasteiger partial charge is 0.507 e. The van der Waals surface area contributed by atoms with Crippen LogP contribution >= 0.6 is 0 Å². The van der Waals surface area contributed by atoms with E-state index in [0.29, 0.717) is 24.0 Å². The third kappa shape index (κ3) is 1.77. The number of aliphatic hydroxyl groups is 1. The van der Waals surface area contributed by atoms with E-state index in [1.165, 1.54) is 0 Å². The van der Waals surface area contributed by atoms with Crippen LogP contribution < -0.4 is 4.74 Å². The molecule has 6 heteroatoms. The molecule has 1 saturated carbocycles. The first-order chi connectivity index (χ1) is 12.0. The normalized spacial score (nSPS) is 29.2. The van der Waals surface area contributed by atoms with Crippen LogP contribution in [-0.4, -0.2) is 33.0 Å². The van der Waals surface area contributed by atoms with E-state index < -0.39 is 22.4 Å². The molecule has 2 aliphatic carbocycles. The van der Waals surface area contributed by atoms with Crippen LogP contribution in [0.1, 0.15) is 62.0 Å². The quantitative estimate of drug-likeness (QED) is 0.616. The third-order valence-electron chi connectivity index (χ3n) is 6.27. The highest BCUT2D eigenvalue weighted by Gasteiger charge is 2.56. The lowest BCUT2D eigenvalue weighted by molar-refractivity contribution is -0.127. The predicted molar refractivity (Wildman–Crippen MR) is 92.9 cm³/mol. The summed E-state index contributed by atoms with van der Waals surface area (Å²) in [5.41, 5.74) is -1.13. The number of fused-ring (bicyclic) bond motifs is 4. The maximum Gasteiger partial charge on any atom is 0.231 e. The van der Waals surface area contributed by atoms with Crippen molar-refractivity contribution in [1.82, 2.24) is 0 Å². The van der Waals surface area contributed by atoms with Gasteiger partial charge in [-0.1, -0.05) is 6.92 Å². The van der Waals surface area contributed by atoms with Crippen molar-refractivity contribution in [3.8, 4) is 17.2 Å². The number of ether oxygens (including phenoxy) is 1. The smallest absolute Gasteiger partial charge is 0.231 e. The first-order valence-electron chi connectivity index (χ1n) is 8.82. The van der Waals surface area contributed by atoms with Crippen molar-refractivity contribution in [3.63, 3.8) is 0 Å². The molecule has 138 valence electrons. The average Bonchev–Trinajstić information content (AvgIpc) is 2.95. The van der Waals surface area contributed by atoms with Crippen molar-refractivity contribution in [1.29, 1.82) is 0 Å². The van der Waals surface area contributed by atoms with Crippen LogP contribution in [0.15, 0.2) is 11.3 Å². The second kappa shape index (κ2) is 4.81. The lowest BCUT2D eigenvalue weighted by Gasteiger charge is -2.48. The molecule has 6 nitrogen and oxygen atoms in total. The number of aliphatic hydroxyl groups excluding tert-OH is 1. The Kier molecular flexibility index (Phi) is 3.13. The number of carbonyl (C=O) groups excluding carboxylic acids is 2. The van der Waals surface area contributed by atoms with Gasteiger partial charge in [-0.2, -0.15) is 0 Å². The number of phenols is 2. The zero-order valence-electron chi connectivity index (χ0n) is 15.3. The molecular weight excluding hydrogens is 336 g/mol. The molecule has 0 amide bonds. The summed E-state index contributed by atoms with van der Waals surface area (Å²) in [6.45, 7) is 6.96. The number of rotatable bonds is 0. The highest BCUT2D eigenvalue weighted by Crippen LogP contribution is 2.61. The van der Waals surface area contributed by atoms with Crippen molar-refractivity contribution in [2.24, 2.45) is 5.41 Å². The number of phenolic OH excluding ortho intramolecular Hbond substituents is 2. The molecule has 0 radical (unpaired) electrons. The van der Waals surface area contributed by atoms with E-state index in [1.54, 1.807) is 20.8 Å². The van der Waals surface area contributed by atoms with Crippen molar-refractivity contribution in [2.75, 3.05) is 0 Å². The fourth-order valence-electron chi connectivity index (χ4n) is 5.03. The van der Waals surface area contributed by atoms with Gasteiger partial charge in [0, 0.05) is 34.8 Å². The highest BCUT2D eigenvalue weighted by molar-refractivity contribution is 6.14. The summed E-state index contributed by atoms with van der Waals surface area (Å²) in [4.78, 5) is 25.4. The van der Waals surface area contributed by atoms with Crippen molar-refractivity contribution < 1.29 is 29.6 Å². The van der Waals surface area contributed by atoms with Crippen molar-refractivity contribution >= 4 is 11.6 Å². The third-order valence-corrected chi connectivity index (χ3v) is 6.27. The fourth-order valence-corrected chi connectivity index (χ4v) is 5.03. The van der Waals surface area contributed by atoms with Gasteiger partial charge in [-0.3, -0.25) is 9.59 Å². The maximum absolute atomic E-state index is 12.9. The summed E-state index contributed by atoms with van der Waals surface area (Å²) in [5.74, 6) is -1.56. The number of allylic oxidation sites excluding steroid dienone is 2. The van der Waals surface area contributed by atoms with E-state index in [2.05, 4.69) is 0 Å². The Hall–Kier alpha value is -2.50. The molecule has 1 aromatic carbocycles. The van der Waals surface area contributed by atoms with E-state index in [-0.39, 0.29) is 46.7 Å². The second-order valence-electron chi connectivity index (χ2n) is 8.32. The molecule has 1 heterocycles. The Morgan fingerprint density at radius 3 is 2.38 bits per heavy atom. The SMILES string of the molecule is C[C@H]1Cc2c(O)c3c(c(O)c2O1)[C@@]1(C)CCC(=O)C(C)(C)C1=C(O)C3=O. The molecule has 2 atom stereocenters. The molecule has 4 rings (SSSR count). The fraction of sp³-hybridized carbons (Fsp3) is 0.500. The first kappa shape index (κ1) is 16.9. The molecule has 1 aliphatic heterocycles. The Bertz CT molecular complexity index is 923. The summed E-state index contributed by atoms with van der Waals surface area (Å²) >= 11 is 0. The maximum atomic E-state index is 12.9. The summed E-state index contributed by atoms with van der Waals surface area (Å²) in [7, 11) is 0. The lowest BCUT2D eigenvalue weighted by Crippen LogP contribution is -2.47. The molecule has 0 unspecified atom stereocenters. The number of ketones is 2. The van der Waals surface area contributed by atoms with Gasteiger partial charge < -0.3 is 20.1 Å². The molecule has 1 fully saturated rings. The number of hydrogen-bond acceptors (Lipinski definition) is 6. The highest BCUT2D eigenvalue weighted by atomic mass is 16.5. The van der Waals surface area contributed by atoms with Crippen LogP contribution in [0.3, 0.4) is 0 Å². The minimum absolute atomic E-state index is 0.0671. The van der Waals surface area contributed by atoms with Crippen LogP contribution in [0.25, 0.3) is 0 Å². The van der Waals surface area contributed by atoms with Crippen LogP contribution in [0, 0.1) is 5.41 Å². The molecule has 0 spiro atoms. The summed E-state index contributed by atoms with van der Waals surface area (Å²) in [6, 6.07) is 0. The Labute approximate surface area is 151 Å². The number of Topliss-reactive ketones (excluding diaryl/α,β-unsaturated/α-hetero) is 2. The van der Waals surface area contributed by atoms with Gasteiger partial charge in [-0.25, -0.2) is 0 Å². The number of benzene rings is 1. The number of carbonyl (C=O) groups is 2. The second-order valence-corrected chi connectivity index (χ2v) is 8.32. The molecule has 1 aromatic rings. The minimum Gasteiger partial charge on any atom is -0.507 e. The molecule has 3 N–H and O–H groups in total. The van der Waals surface area contributed by atoms with Gasteiger partial charge in [0.15, 0.2) is 17.3 Å². The van der Waals surface area contributed by atoms with E-state index in [9.17, 15) is 24.9 Å². The topological polar surface area (TPSA) is 104 Å².